The molecule has 12 heavy (non-hydrogen) atoms. The number of nitrogens with zero attached hydrogens (tertiary/aromatic N) is 1. The molecule has 0 bridgehead atoms. The van der Waals surface area contributed by atoms with Crippen LogP contribution >= 0.6 is 27.5 Å². The molecule has 3 nitrogen and oxygen atoms in total. The second-order valence-electron chi connectivity index (χ2n) is 2.14. The third-order valence-electron chi connectivity index (χ3n) is 1.35. The average Bonchev–Trinajstić information content (AvgIpc) is 2.08. The van der Waals surface area contributed by atoms with Gasteiger partial charge in [-0.3, -0.25) is 0 Å². The Balaban J connectivity index is 3.13. The second-order valence-corrected chi connectivity index (χ2v) is 3.40. The van der Waals surface area contributed by atoms with Crippen LogP contribution in [0.2, 0.25) is 5.02 Å². The first-order valence-corrected chi connectivity index (χ1v) is 4.31. The lowest BCUT2D eigenvalue weighted by Crippen LogP contribution is -2.15. The Morgan fingerprint density at radius 3 is 2.67 bits per heavy atom. The molecule has 5 heteroatoms. The first kappa shape index (κ1) is 9.35. The minimum absolute atomic E-state index is 0.285. The van der Waals surface area contributed by atoms with Crippen molar-refractivity contribution in [1.29, 1.82) is 0 Å². The highest BCUT2D eigenvalue weighted by Crippen LogP contribution is 2.22. The van der Waals surface area contributed by atoms with Crippen molar-refractivity contribution in [3.63, 3.8) is 0 Å². The van der Waals surface area contributed by atoms with Crippen LogP contribution in [-0.4, -0.2) is 5.84 Å². The summed E-state index contributed by atoms with van der Waals surface area (Å²) in [5, 5.41) is 3.99. The van der Waals surface area contributed by atoms with Crippen LogP contribution in [0, 0.1) is 0 Å². The standard InChI is InChI=1S/C7H7BrClN3/c8-5-3-4(7(10)12-11)1-2-6(5)9/h1-3H,11H2,(H2,10,12). The Hall–Kier alpha value is -0.740. The molecule has 0 fully saturated rings. The summed E-state index contributed by atoms with van der Waals surface area (Å²) in [5.74, 6) is 5.29. The van der Waals surface area contributed by atoms with Gasteiger partial charge in [-0.05, 0) is 34.1 Å². The van der Waals surface area contributed by atoms with Crippen LogP contribution in [0.25, 0.3) is 0 Å². The molecular formula is C7H7BrClN3. The molecule has 1 rings (SSSR count). The van der Waals surface area contributed by atoms with E-state index >= 15 is 0 Å². The third kappa shape index (κ3) is 1.89. The van der Waals surface area contributed by atoms with E-state index in [9.17, 15) is 0 Å². The smallest absolute Gasteiger partial charge is 0.150 e. The number of rotatable bonds is 1. The van der Waals surface area contributed by atoms with Crippen molar-refractivity contribution >= 4 is 33.4 Å². The minimum Gasteiger partial charge on any atom is -0.382 e. The highest BCUT2D eigenvalue weighted by molar-refractivity contribution is 9.10. The van der Waals surface area contributed by atoms with E-state index in [4.69, 9.17) is 23.2 Å². The van der Waals surface area contributed by atoms with Crippen molar-refractivity contribution in [2.75, 3.05) is 0 Å². The number of halogens is 2. The molecule has 0 aromatic heterocycles. The highest BCUT2D eigenvalue weighted by Gasteiger charge is 2.01. The predicted octanol–water partition coefficient (Wildman–Crippen LogP) is 1.68. The quantitative estimate of drug-likeness (QED) is 0.344. The second kappa shape index (κ2) is 3.78. The number of hydrogen-bond acceptors (Lipinski definition) is 2. The molecule has 4 N–H and O–H groups in total. The van der Waals surface area contributed by atoms with Gasteiger partial charge in [0.15, 0.2) is 0 Å². The molecule has 1 aromatic rings. The van der Waals surface area contributed by atoms with Gasteiger partial charge in [0.1, 0.15) is 5.84 Å². The Morgan fingerprint density at radius 2 is 2.17 bits per heavy atom. The van der Waals surface area contributed by atoms with Crippen LogP contribution in [0.1, 0.15) is 5.56 Å². The van der Waals surface area contributed by atoms with Crippen LogP contribution in [0.15, 0.2) is 27.8 Å². The van der Waals surface area contributed by atoms with Crippen LogP contribution < -0.4 is 11.6 Å². The highest BCUT2D eigenvalue weighted by atomic mass is 79.9. The summed E-state index contributed by atoms with van der Waals surface area (Å²) < 4.78 is 0.772. The van der Waals surface area contributed by atoms with E-state index < -0.39 is 0 Å². The lowest BCUT2D eigenvalue weighted by atomic mass is 10.2. The maximum atomic E-state index is 5.77. The molecule has 0 amide bonds. The minimum atomic E-state index is 0.285. The van der Waals surface area contributed by atoms with E-state index in [2.05, 4.69) is 21.0 Å². The van der Waals surface area contributed by atoms with Gasteiger partial charge in [0.25, 0.3) is 0 Å². The van der Waals surface area contributed by atoms with Gasteiger partial charge >= 0.3 is 0 Å². The van der Waals surface area contributed by atoms with Crippen LogP contribution in [0.4, 0.5) is 0 Å². The first-order chi connectivity index (χ1) is 5.65. The van der Waals surface area contributed by atoms with E-state index in [-0.39, 0.29) is 5.84 Å². The van der Waals surface area contributed by atoms with E-state index in [1.54, 1.807) is 18.2 Å². The molecule has 0 aliphatic rings. The van der Waals surface area contributed by atoms with Crippen molar-refractivity contribution < 1.29 is 0 Å². The van der Waals surface area contributed by atoms with Crippen LogP contribution in [0.3, 0.4) is 0 Å². The van der Waals surface area contributed by atoms with Gasteiger partial charge in [-0.2, -0.15) is 5.10 Å². The molecule has 0 heterocycles. The summed E-state index contributed by atoms with van der Waals surface area (Å²) in [6.07, 6.45) is 0. The Labute approximate surface area is 83.5 Å². The van der Waals surface area contributed by atoms with E-state index in [1.165, 1.54) is 0 Å². The number of hydrogen-bond donors (Lipinski definition) is 2. The topological polar surface area (TPSA) is 64.4 Å². The van der Waals surface area contributed by atoms with Gasteiger partial charge in [0, 0.05) is 10.0 Å². The van der Waals surface area contributed by atoms with Gasteiger partial charge in [0.2, 0.25) is 0 Å². The lowest BCUT2D eigenvalue weighted by molar-refractivity contribution is 1.23. The third-order valence-corrected chi connectivity index (χ3v) is 2.57. The number of hydrazone groups is 1. The summed E-state index contributed by atoms with van der Waals surface area (Å²) in [5.41, 5.74) is 6.22. The summed E-state index contributed by atoms with van der Waals surface area (Å²) in [7, 11) is 0. The normalized spacial score (nSPS) is 11.7. The molecule has 0 unspecified atom stereocenters. The summed E-state index contributed by atoms with van der Waals surface area (Å²) in [4.78, 5) is 0. The van der Waals surface area contributed by atoms with Crippen molar-refractivity contribution in [1.82, 2.24) is 0 Å². The molecule has 0 aliphatic heterocycles. The molecule has 0 radical (unpaired) electrons. The molecular weight excluding hydrogens is 241 g/mol. The number of amidine groups is 1. The first-order valence-electron chi connectivity index (χ1n) is 3.14. The predicted molar refractivity (Wildman–Crippen MR) is 54.1 cm³/mol. The van der Waals surface area contributed by atoms with Crippen LogP contribution in [-0.2, 0) is 0 Å². The van der Waals surface area contributed by atoms with Crippen molar-refractivity contribution in [3.05, 3.63) is 33.3 Å². The lowest BCUT2D eigenvalue weighted by Gasteiger charge is -2.00. The Bertz CT molecular complexity index is 324. The van der Waals surface area contributed by atoms with Crippen molar-refractivity contribution in [2.24, 2.45) is 16.7 Å². The zero-order valence-corrected chi connectivity index (χ0v) is 8.43. The fraction of sp³-hybridized carbons (Fsp3) is 0. The molecule has 0 aliphatic carbocycles. The maximum absolute atomic E-state index is 5.77. The zero-order valence-electron chi connectivity index (χ0n) is 6.09. The molecule has 0 spiro atoms. The summed E-state index contributed by atoms with van der Waals surface area (Å²) in [6, 6.07) is 5.23. The summed E-state index contributed by atoms with van der Waals surface area (Å²) >= 11 is 9.03. The molecule has 0 saturated carbocycles. The van der Waals surface area contributed by atoms with Gasteiger partial charge in [-0.25, -0.2) is 0 Å². The van der Waals surface area contributed by atoms with E-state index in [0.717, 1.165) is 10.0 Å². The SMILES string of the molecule is N/N=C(/N)c1ccc(Cl)c(Br)c1. The largest absolute Gasteiger partial charge is 0.382 e. The molecule has 64 valence electrons. The fourth-order valence-electron chi connectivity index (χ4n) is 0.730. The van der Waals surface area contributed by atoms with E-state index in [1.807, 2.05) is 0 Å². The monoisotopic (exact) mass is 247 g/mol. The van der Waals surface area contributed by atoms with Crippen molar-refractivity contribution in [2.45, 2.75) is 0 Å². The number of nitrogens with two attached hydrogens (primary N) is 2. The van der Waals surface area contributed by atoms with Gasteiger partial charge < -0.3 is 11.6 Å². The van der Waals surface area contributed by atoms with Crippen molar-refractivity contribution in [3.8, 4) is 0 Å². The number of benzene rings is 1. The average molecular weight is 249 g/mol. The van der Waals surface area contributed by atoms with Crippen LogP contribution in [0.5, 0.6) is 0 Å². The van der Waals surface area contributed by atoms with Gasteiger partial charge in [0.05, 0.1) is 5.02 Å². The van der Waals surface area contributed by atoms with Gasteiger partial charge in [-0.15, -0.1) is 0 Å². The maximum Gasteiger partial charge on any atom is 0.150 e. The Morgan fingerprint density at radius 1 is 1.50 bits per heavy atom. The molecule has 0 atom stereocenters. The Kier molecular flexibility index (Phi) is 2.94. The zero-order chi connectivity index (χ0) is 9.14. The molecule has 0 saturated heterocycles. The fourth-order valence-corrected chi connectivity index (χ4v) is 1.23. The van der Waals surface area contributed by atoms with Gasteiger partial charge in [-0.1, -0.05) is 11.6 Å². The summed E-state index contributed by atoms with van der Waals surface area (Å²) in [6.45, 7) is 0. The molecule has 1 aromatic carbocycles. The van der Waals surface area contributed by atoms with E-state index in [0.29, 0.717) is 5.02 Å².